The van der Waals surface area contributed by atoms with Crippen molar-refractivity contribution in [3.63, 3.8) is 0 Å². The zero-order valence-corrected chi connectivity index (χ0v) is 12.4. The van der Waals surface area contributed by atoms with Crippen molar-refractivity contribution >= 4 is 0 Å². The van der Waals surface area contributed by atoms with E-state index in [-0.39, 0.29) is 0 Å². The average molecular weight is 292 g/mol. The molecule has 116 valence electrons. The topological polar surface area (TPSA) is 40.2 Å². The molecule has 1 heterocycles. The summed E-state index contributed by atoms with van der Waals surface area (Å²) in [5, 5.41) is 0. The van der Waals surface area contributed by atoms with E-state index in [4.69, 9.17) is 18.9 Å². The van der Waals surface area contributed by atoms with Gasteiger partial charge in [-0.25, -0.2) is 0 Å². The zero-order valence-electron chi connectivity index (χ0n) is 12.4. The maximum Gasteiger partial charge on any atom is 0.119 e. The Kier molecular flexibility index (Phi) is 5.49. The van der Waals surface area contributed by atoms with Crippen LogP contribution in [0.25, 0.3) is 0 Å². The Balaban J connectivity index is 1.14. The van der Waals surface area contributed by atoms with E-state index in [1.54, 1.807) is 0 Å². The fourth-order valence-corrected chi connectivity index (χ4v) is 2.84. The van der Waals surface area contributed by atoms with Gasteiger partial charge in [0, 0.05) is 6.61 Å². The molecule has 0 N–H and O–H groups in total. The van der Waals surface area contributed by atoms with Crippen LogP contribution < -0.4 is 4.74 Å². The summed E-state index contributed by atoms with van der Waals surface area (Å²) in [7, 11) is 0. The van der Waals surface area contributed by atoms with Crippen LogP contribution in [0.15, 0.2) is 30.3 Å². The number of fused-ring (bicyclic) bond motifs is 1. The average Bonchev–Trinajstić information content (AvgIpc) is 3.29. The standard InChI is InChI=1S/C17H24O4/c1-2-4-15(5-3-1)20-11-10-18-8-9-19-13-14-6-7-16-17(12-14)21-16/h1-5,14,16-17H,6-13H2. The van der Waals surface area contributed by atoms with Gasteiger partial charge in [0.05, 0.1) is 32.0 Å². The fraction of sp³-hybridized carbons (Fsp3) is 0.647. The first kappa shape index (κ1) is 14.8. The normalized spacial score (nSPS) is 27.1. The van der Waals surface area contributed by atoms with Crippen LogP contribution in [0.4, 0.5) is 0 Å². The number of para-hydroxylation sites is 1. The molecule has 2 fully saturated rings. The van der Waals surface area contributed by atoms with E-state index in [1.165, 1.54) is 19.3 Å². The van der Waals surface area contributed by atoms with E-state index < -0.39 is 0 Å². The SMILES string of the molecule is c1ccc(OCCOCCOCC2CCC3OC3C2)cc1. The lowest BCUT2D eigenvalue weighted by Crippen LogP contribution is -2.20. The number of benzene rings is 1. The molecular weight excluding hydrogens is 268 g/mol. The fourth-order valence-electron chi connectivity index (χ4n) is 2.84. The van der Waals surface area contributed by atoms with Gasteiger partial charge in [-0.15, -0.1) is 0 Å². The Labute approximate surface area is 126 Å². The van der Waals surface area contributed by atoms with Crippen LogP contribution in [0.5, 0.6) is 5.75 Å². The van der Waals surface area contributed by atoms with Crippen LogP contribution in [-0.4, -0.2) is 45.2 Å². The molecule has 3 rings (SSSR count). The number of rotatable bonds is 9. The van der Waals surface area contributed by atoms with Gasteiger partial charge in [0.25, 0.3) is 0 Å². The molecule has 21 heavy (non-hydrogen) atoms. The lowest BCUT2D eigenvalue weighted by atomic mass is 9.90. The van der Waals surface area contributed by atoms with Gasteiger partial charge < -0.3 is 18.9 Å². The monoisotopic (exact) mass is 292 g/mol. The minimum Gasteiger partial charge on any atom is -0.491 e. The van der Waals surface area contributed by atoms with Crippen molar-refractivity contribution in [2.45, 2.75) is 31.5 Å². The number of hydrogen-bond acceptors (Lipinski definition) is 4. The molecule has 0 bridgehead atoms. The summed E-state index contributed by atoms with van der Waals surface area (Å²) < 4.78 is 22.2. The third-order valence-corrected chi connectivity index (χ3v) is 4.08. The summed E-state index contributed by atoms with van der Waals surface area (Å²) in [5.41, 5.74) is 0. The Hall–Kier alpha value is -1.10. The molecule has 0 radical (unpaired) electrons. The molecule has 0 amide bonds. The minimum atomic E-state index is 0.540. The number of hydrogen-bond donors (Lipinski definition) is 0. The Morgan fingerprint density at radius 3 is 2.57 bits per heavy atom. The molecule has 1 aliphatic heterocycles. The van der Waals surface area contributed by atoms with E-state index in [2.05, 4.69) is 0 Å². The number of epoxide rings is 1. The van der Waals surface area contributed by atoms with Gasteiger partial charge in [0.2, 0.25) is 0 Å². The third-order valence-electron chi connectivity index (χ3n) is 4.08. The molecule has 1 saturated heterocycles. The molecule has 3 unspecified atom stereocenters. The van der Waals surface area contributed by atoms with Crippen LogP contribution in [0.3, 0.4) is 0 Å². The lowest BCUT2D eigenvalue weighted by molar-refractivity contribution is 0.0209. The van der Waals surface area contributed by atoms with Gasteiger partial charge >= 0.3 is 0 Å². The molecule has 1 aromatic carbocycles. The van der Waals surface area contributed by atoms with Crippen molar-refractivity contribution in [2.24, 2.45) is 5.92 Å². The van der Waals surface area contributed by atoms with E-state index in [0.717, 1.165) is 12.4 Å². The summed E-state index contributed by atoms with van der Waals surface area (Å²) in [6.07, 6.45) is 4.75. The van der Waals surface area contributed by atoms with Crippen molar-refractivity contribution in [1.82, 2.24) is 0 Å². The Morgan fingerprint density at radius 2 is 1.71 bits per heavy atom. The molecular formula is C17H24O4. The second kappa shape index (κ2) is 7.78. The maximum atomic E-state index is 5.68. The molecule has 4 nitrogen and oxygen atoms in total. The largest absolute Gasteiger partial charge is 0.491 e. The lowest BCUT2D eigenvalue weighted by Gasteiger charge is -2.18. The second-order valence-electron chi connectivity index (χ2n) is 5.74. The first-order valence-corrected chi connectivity index (χ1v) is 7.90. The first-order chi connectivity index (χ1) is 10.4. The summed E-state index contributed by atoms with van der Waals surface area (Å²) >= 11 is 0. The van der Waals surface area contributed by atoms with Gasteiger partial charge in [-0.05, 0) is 37.3 Å². The van der Waals surface area contributed by atoms with Crippen LogP contribution in [0, 0.1) is 5.92 Å². The maximum absolute atomic E-state index is 5.68. The van der Waals surface area contributed by atoms with Gasteiger partial charge in [-0.2, -0.15) is 0 Å². The van der Waals surface area contributed by atoms with Crippen LogP contribution >= 0.6 is 0 Å². The molecule has 1 aliphatic carbocycles. The van der Waals surface area contributed by atoms with Crippen LogP contribution in [0.2, 0.25) is 0 Å². The highest BCUT2D eigenvalue weighted by Gasteiger charge is 2.43. The smallest absolute Gasteiger partial charge is 0.119 e. The van der Waals surface area contributed by atoms with E-state index >= 15 is 0 Å². The summed E-state index contributed by atoms with van der Waals surface area (Å²) in [6, 6.07) is 9.79. The first-order valence-electron chi connectivity index (χ1n) is 7.90. The molecule has 3 atom stereocenters. The van der Waals surface area contributed by atoms with Gasteiger partial charge in [0.15, 0.2) is 0 Å². The summed E-state index contributed by atoms with van der Waals surface area (Å²) in [4.78, 5) is 0. The molecule has 4 heteroatoms. The van der Waals surface area contributed by atoms with E-state index in [9.17, 15) is 0 Å². The predicted octanol–water partition coefficient (Wildman–Crippen LogP) is 2.67. The Morgan fingerprint density at radius 1 is 0.905 bits per heavy atom. The highest BCUT2D eigenvalue weighted by atomic mass is 16.6. The van der Waals surface area contributed by atoms with Crippen molar-refractivity contribution in [3.8, 4) is 5.75 Å². The van der Waals surface area contributed by atoms with Crippen LogP contribution in [-0.2, 0) is 14.2 Å². The van der Waals surface area contributed by atoms with Gasteiger partial charge in [-0.3, -0.25) is 0 Å². The van der Waals surface area contributed by atoms with Crippen LogP contribution in [0.1, 0.15) is 19.3 Å². The summed E-state index contributed by atoms with van der Waals surface area (Å²) in [5.74, 6) is 1.56. The van der Waals surface area contributed by atoms with Crippen molar-refractivity contribution in [3.05, 3.63) is 30.3 Å². The predicted molar refractivity (Wildman–Crippen MR) is 79.6 cm³/mol. The highest BCUT2D eigenvalue weighted by molar-refractivity contribution is 5.20. The zero-order chi connectivity index (χ0) is 14.3. The summed E-state index contributed by atoms with van der Waals surface area (Å²) in [6.45, 7) is 3.31. The molecule has 1 saturated carbocycles. The minimum absolute atomic E-state index is 0.540. The highest BCUT2D eigenvalue weighted by Crippen LogP contribution is 2.39. The molecule has 1 aromatic rings. The third kappa shape index (κ3) is 4.99. The van der Waals surface area contributed by atoms with Crippen molar-refractivity contribution in [2.75, 3.05) is 33.0 Å². The molecule has 2 aliphatic rings. The van der Waals surface area contributed by atoms with E-state index in [0.29, 0.717) is 44.6 Å². The van der Waals surface area contributed by atoms with Crippen molar-refractivity contribution in [1.29, 1.82) is 0 Å². The molecule has 0 aromatic heterocycles. The quantitative estimate of drug-likeness (QED) is 0.518. The van der Waals surface area contributed by atoms with Crippen molar-refractivity contribution < 1.29 is 18.9 Å². The number of ether oxygens (including phenoxy) is 4. The van der Waals surface area contributed by atoms with Gasteiger partial charge in [0.1, 0.15) is 12.4 Å². The molecule has 0 spiro atoms. The second-order valence-corrected chi connectivity index (χ2v) is 5.74. The van der Waals surface area contributed by atoms with Gasteiger partial charge in [-0.1, -0.05) is 18.2 Å². The Bertz CT molecular complexity index is 409. The van der Waals surface area contributed by atoms with E-state index in [1.807, 2.05) is 30.3 Å².